The maximum Gasteiger partial charge on any atom is 0.211 e. The summed E-state index contributed by atoms with van der Waals surface area (Å²) in [6.07, 6.45) is 8.27. The van der Waals surface area contributed by atoms with Gasteiger partial charge in [-0.1, -0.05) is 39.5 Å². The Morgan fingerprint density at radius 2 is 1.62 bits per heavy atom. The van der Waals surface area contributed by atoms with Crippen LogP contribution in [0.2, 0.25) is 0 Å². The molecule has 1 aliphatic rings. The van der Waals surface area contributed by atoms with Crippen LogP contribution in [0.4, 0.5) is 0 Å². The summed E-state index contributed by atoms with van der Waals surface area (Å²) in [5.74, 6) is 0. The average Bonchev–Trinajstić information content (AvgIpc) is 2.13. The maximum atomic E-state index is 11.4. The normalized spacial score (nSPS) is 28.6. The lowest BCUT2D eigenvalue weighted by molar-refractivity contribution is 0.276. The lowest BCUT2D eigenvalue weighted by Gasteiger charge is -2.28. The van der Waals surface area contributed by atoms with Gasteiger partial charge in [-0.05, 0) is 31.1 Å². The van der Waals surface area contributed by atoms with Gasteiger partial charge in [0.1, 0.15) is 0 Å². The Bertz CT molecular complexity index is 309. The van der Waals surface area contributed by atoms with Crippen molar-refractivity contribution in [2.45, 2.75) is 70.5 Å². The monoisotopic (exact) mass is 247 g/mol. The van der Waals surface area contributed by atoms with Gasteiger partial charge < -0.3 is 0 Å². The molecular weight excluding hydrogens is 222 g/mol. The zero-order valence-corrected chi connectivity index (χ0v) is 11.4. The molecule has 0 aliphatic heterocycles. The van der Waals surface area contributed by atoms with Crippen molar-refractivity contribution in [3.8, 4) is 0 Å². The number of hydrogen-bond acceptors (Lipinski definition) is 2. The molecule has 4 heteroatoms. The van der Waals surface area contributed by atoms with E-state index >= 15 is 0 Å². The summed E-state index contributed by atoms with van der Waals surface area (Å²) in [6.45, 7) is 4.46. The molecule has 1 rings (SSSR count). The standard InChI is InChI=1S/C12H25NO2S/c1-12(2)9-6-4-3-5-7-11(8-10-12)16(13,14)15/h11H,3-10H2,1-2H3,(H2,13,14,15). The summed E-state index contributed by atoms with van der Waals surface area (Å²) < 4.78 is 22.9. The molecule has 0 aromatic heterocycles. The number of nitrogens with two attached hydrogens (primary N) is 1. The second kappa shape index (κ2) is 5.50. The van der Waals surface area contributed by atoms with E-state index in [1.54, 1.807) is 0 Å². The zero-order valence-electron chi connectivity index (χ0n) is 10.5. The highest BCUT2D eigenvalue weighted by atomic mass is 32.2. The Morgan fingerprint density at radius 3 is 2.25 bits per heavy atom. The van der Waals surface area contributed by atoms with Crippen LogP contribution in [-0.4, -0.2) is 13.7 Å². The molecule has 16 heavy (non-hydrogen) atoms. The fourth-order valence-corrected chi connectivity index (χ4v) is 3.42. The van der Waals surface area contributed by atoms with Gasteiger partial charge in [0.25, 0.3) is 0 Å². The van der Waals surface area contributed by atoms with E-state index in [2.05, 4.69) is 13.8 Å². The predicted molar refractivity (Wildman–Crippen MR) is 67.6 cm³/mol. The molecule has 0 radical (unpaired) electrons. The number of sulfonamides is 1. The summed E-state index contributed by atoms with van der Waals surface area (Å²) in [5, 5.41) is 4.97. The molecule has 0 aromatic carbocycles. The molecule has 1 fully saturated rings. The molecule has 0 heterocycles. The summed E-state index contributed by atoms with van der Waals surface area (Å²) in [7, 11) is -3.34. The molecule has 0 aromatic rings. The third-order valence-electron chi connectivity index (χ3n) is 3.74. The zero-order chi connectivity index (χ0) is 12.2. The molecule has 1 aliphatic carbocycles. The van der Waals surface area contributed by atoms with E-state index in [0.29, 0.717) is 0 Å². The van der Waals surface area contributed by atoms with Crippen molar-refractivity contribution in [3.05, 3.63) is 0 Å². The average molecular weight is 247 g/mol. The van der Waals surface area contributed by atoms with Crippen molar-refractivity contribution in [2.24, 2.45) is 10.6 Å². The Kier molecular flexibility index (Phi) is 4.80. The maximum absolute atomic E-state index is 11.4. The number of primary sulfonamides is 1. The Labute approximate surface area is 99.8 Å². The van der Waals surface area contributed by atoms with Crippen molar-refractivity contribution in [1.29, 1.82) is 0 Å². The fraction of sp³-hybridized carbons (Fsp3) is 1.00. The second-order valence-corrected chi connectivity index (χ2v) is 7.71. The van der Waals surface area contributed by atoms with Crippen molar-refractivity contribution in [3.63, 3.8) is 0 Å². The van der Waals surface area contributed by atoms with Crippen LogP contribution < -0.4 is 5.14 Å². The van der Waals surface area contributed by atoms with Crippen molar-refractivity contribution >= 4 is 10.0 Å². The van der Waals surface area contributed by atoms with Crippen LogP contribution in [-0.2, 0) is 10.0 Å². The van der Waals surface area contributed by atoms with Gasteiger partial charge in [-0.2, -0.15) is 0 Å². The van der Waals surface area contributed by atoms with Gasteiger partial charge in [0.2, 0.25) is 10.0 Å². The summed E-state index contributed by atoms with van der Waals surface area (Å²) >= 11 is 0. The van der Waals surface area contributed by atoms with Gasteiger partial charge in [0, 0.05) is 0 Å². The quantitative estimate of drug-likeness (QED) is 0.774. The summed E-state index contributed by atoms with van der Waals surface area (Å²) in [6, 6.07) is 0. The van der Waals surface area contributed by atoms with Crippen LogP contribution >= 0.6 is 0 Å². The number of hydrogen-bond donors (Lipinski definition) is 1. The third kappa shape index (κ3) is 4.83. The molecule has 0 bridgehead atoms. The molecule has 0 amide bonds. The predicted octanol–water partition coefficient (Wildman–Crippen LogP) is 2.80. The minimum Gasteiger partial charge on any atom is -0.228 e. The Morgan fingerprint density at radius 1 is 1.00 bits per heavy atom. The first-order chi connectivity index (χ1) is 7.31. The van der Waals surface area contributed by atoms with Crippen LogP contribution in [0.3, 0.4) is 0 Å². The van der Waals surface area contributed by atoms with Gasteiger partial charge >= 0.3 is 0 Å². The number of rotatable bonds is 1. The van der Waals surface area contributed by atoms with Crippen LogP contribution in [0.1, 0.15) is 65.2 Å². The van der Waals surface area contributed by atoms with E-state index in [0.717, 1.165) is 32.1 Å². The van der Waals surface area contributed by atoms with Crippen molar-refractivity contribution in [2.75, 3.05) is 0 Å². The minimum atomic E-state index is -3.34. The van der Waals surface area contributed by atoms with Crippen molar-refractivity contribution < 1.29 is 8.42 Å². The minimum absolute atomic E-state index is 0.264. The highest BCUT2D eigenvalue weighted by Crippen LogP contribution is 2.32. The van der Waals surface area contributed by atoms with Crippen LogP contribution in [0.5, 0.6) is 0 Å². The summed E-state index contributed by atoms with van der Waals surface area (Å²) in [5.41, 5.74) is 0.264. The van der Waals surface area contributed by atoms with Gasteiger partial charge in [0.15, 0.2) is 0 Å². The highest BCUT2D eigenvalue weighted by molar-refractivity contribution is 7.89. The molecule has 3 nitrogen and oxygen atoms in total. The van der Waals surface area contributed by atoms with Crippen LogP contribution in [0.15, 0.2) is 0 Å². The van der Waals surface area contributed by atoms with Gasteiger partial charge in [-0.3, -0.25) is 0 Å². The smallest absolute Gasteiger partial charge is 0.211 e. The van der Waals surface area contributed by atoms with E-state index in [-0.39, 0.29) is 10.7 Å². The lowest BCUT2D eigenvalue weighted by Crippen LogP contribution is -2.30. The summed E-state index contributed by atoms with van der Waals surface area (Å²) in [4.78, 5) is 0. The molecular formula is C12H25NO2S. The second-order valence-electron chi connectivity index (χ2n) is 5.87. The van der Waals surface area contributed by atoms with Crippen LogP contribution in [0.25, 0.3) is 0 Å². The van der Waals surface area contributed by atoms with Crippen molar-refractivity contribution in [1.82, 2.24) is 0 Å². The molecule has 2 N–H and O–H groups in total. The fourth-order valence-electron chi connectivity index (χ4n) is 2.48. The Hall–Kier alpha value is -0.0900. The molecule has 1 saturated carbocycles. The third-order valence-corrected chi connectivity index (χ3v) is 5.14. The highest BCUT2D eigenvalue weighted by Gasteiger charge is 2.26. The van der Waals surface area contributed by atoms with E-state index in [4.69, 9.17) is 5.14 Å². The molecule has 1 atom stereocenters. The first kappa shape index (κ1) is 14.0. The first-order valence-corrected chi connectivity index (χ1v) is 7.94. The Balaban J connectivity index is 2.66. The SMILES string of the molecule is CC1(C)CCCCCCC(S(N)(=O)=O)CC1. The largest absolute Gasteiger partial charge is 0.228 e. The molecule has 0 spiro atoms. The topological polar surface area (TPSA) is 60.2 Å². The van der Waals surface area contributed by atoms with Crippen LogP contribution in [0, 0.1) is 5.41 Å². The first-order valence-electron chi connectivity index (χ1n) is 6.33. The van der Waals surface area contributed by atoms with E-state index < -0.39 is 10.0 Å². The van der Waals surface area contributed by atoms with Gasteiger partial charge in [-0.15, -0.1) is 0 Å². The molecule has 1 unspecified atom stereocenters. The molecule has 96 valence electrons. The lowest BCUT2D eigenvalue weighted by atomic mass is 9.81. The van der Waals surface area contributed by atoms with E-state index in [1.807, 2.05) is 0 Å². The van der Waals surface area contributed by atoms with E-state index in [9.17, 15) is 8.42 Å². The van der Waals surface area contributed by atoms with Gasteiger partial charge in [-0.25, -0.2) is 13.6 Å². The van der Waals surface area contributed by atoms with E-state index in [1.165, 1.54) is 19.3 Å². The van der Waals surface area contributed by atoms with Gasteiger partial charge in [0.05, 0.1) is 5.25 Å². The molecule has 0 saturated heterocycles.